The first-order chi connectivity index (χ1) is 12.7. The Morgan fingerprint density at radius 1 is 1.19 bits per heavy atom. The minimum atomic E-state index is -0.395. The molecule has 7 heteroatoms. The molecule has 1 aliphatic heterocycles. The lowest BCUT2D eigenvalue weighted by Crippen LogP contribution is -2.35. The molecule has 2 aromatic heterocycles. The zero-order valence-corrected chi connectivity index (χ0v) is 15.1. The Morgan fingerprint density at radius 2 is 2.12 bits per heavy atom. The van der Waals surface area contributed by atoms with Gasteiger partial charge in [0.15, 0.2) is 0 Å². The first-order valence-electron chi connectivity index (χ1n) is 8.73. The fourth-order valence-electron chi connectivity index (χ4n) is 3.62. The van der Waals surface area contributed by atoms with Crippen molar-refractivity contribution >= 4 is 11.3 Å². The largest absolute Gasteiger partial charge is 0.329 e. The van der Waals surface area contributed by atoms with Crippen molar-refractivity contribution in [2.75, 3.05) is 13.1 Å². The van der Waals surface area contributed by atoms with Crippen LogP contribution in [0.3, 0.4) is 0 Å². The second-order valence-electron chi connectivity index (χ2n) is 6.70. The fourth-order valence-corrected chi connectivity index (χ4v) is 4.17. The SMILES string of the molecule is Fc1ccc(F)c(CN2CCC[C@@H](c3nccn3Cc3cscn3)C2)c1. The van der Waals surface area contributed by atoms with Gasteiger partial charge in [0.2, 0.25) is 0 Å². The Morgan fingerprint density at radius 3 is 2.96 bits per heavy atom. The van der Waals surface area contributed by atoms with Crippen LogP contribution in [0.15, 0.2) is 41.5 Å². The van der Waals surface area contributed by atoms with Crippen LogP contribution in [-0.4, -0.2) is 32.5 Å². The predicted octanol–water partition coefficient (Wildman–Crippen LogP) is 4.05. The minimum absolute atomic E-state index is 0.286. The van der Waals surface area contributed by atoms with Gasteiger partial charge >= 0.3 is 0 Å². The van der Waals surface area contributed by atoms with E-state index in [2.05, 4.69) is 19.4 Å². The Hall–Kier alpha value is -2.12. The number of halogens is 2. The van der Waals surface area contributed by atoms with Crippen molar-refractivity contribution in [3.8, 4) is 0 Å². The number of hydrogen-bond donors (Lipinski definition) is 0. The number of piperidine rings is 1. The summed E-state index contributed by atoms with van der Waals surface area (Å²) in [5, 5.41) is 2.05. The molecule has 0 radical (unpaired) electrons. The van der Waals surface area contributed by atoms with Crippen molar-refractivity contribution in [1.29, 1.82) is 0 Å². The standard InChI is InChI=1S/C19H20F2N4S/c20-16-3-4-18(21)15(8-16)10-24-6-1-2-14(9-24)19-22-5-7-25(19)11-17-12-26-13-23-17/h3-5,7-8,12-14H,1-2,6,9-11H2/t14-/m1/s1. The molecule has 26 heavy (non-hydrogen) atoms. The molecule has 0 aliphatic carbocycles. The Kier molecular flexibility index (Phi) is 5.08. The maximum absolute atomic E-state index is 14.0. The lowest BCUT2D eigenvalue weighted by Gasteiger charge is -2.32. The maximum Gasteiger partial charge on any atom is 0.127 e. The van der Waals surface area contributed by atoms with Gasteiger partial charge in [-0.25, -0.2) is 18.7 Å². The summed E-state index contributed by atoms with van der Waals surface area (Å²) in [7, 11) is 0. The highest BCUT2D eigenvalue weighted by molar-refractivity contribution is 7.07. The van der Waals surface area contributed by atoms with Crippen molar-refractivity contribution < 1.29 is 8.78 Å². The molecule has 4 nitrogen and oxygen atoms in total. The van der Waals surface area contributed by atoms with E-state index in [1.807, 2.05) is 23.3 Å². The van der Waals surface area contributed by atoms with Crippen molar-refractivity contribution in [2.24, 2.45) is 0 Å². The van der Waals surface area contributed by atoms with Crippen LogP contribution >= 0.6 is 11.3 Å². The fraction of sp³-hybridized carbons (Fsp3) is 0.368. The van der Waals surface area contributed by atoms with E-state index >= 15 is 0 Å². The Balaban J connectivity index is 1.47. The van der Waals surface area contributed by atoms with E-state index in [9.17, 15) is 8.78 Å². The number of aromatic nitrogens is 3. The summed E-state index contributed by atoms with van der Waals surface area (Å²) in [4.78, 5) is 11.1. The van der Waals surface area contributed by atoms with E-state index in [0.29, 0.717) is 18.7 Å². The molecule has 0 spiro atoms. The quantitative estimate of drug-likeness (QED) is 0.676. The highest BCUT2D eigenvalue weighted by Crippen LogP contribution is 2.27. The summed E-state index contributed by atoms with van der Waals surface area (Å²) in [6, 6.07) is 3.65. The van der Waals surface area contributed by atoms with E-state index in [1.54, 1.807) is 11.3 Å². The molecule has 0 amide bonds. The average molecular weight is 374 g/mol. The minimum Gasteiger partial charge on any atom is -0.329 e. The second kappa shape index (κ2) is 7.63. The van der Waals surface area contributed by atoms with Gasteiger partial charge in [0.1, 0.15) is 17.5 Å². The molecule has 1 aliphatic rings. The van der Waals surface area contributed by atoms with E-state index in [1.165, 1.54) is 12.1 Å². The summed E-state index contributed by atoms with van der Waals surface area (Å²) in [5.41, 5.74) is 3.28. The van der Waals surface area contributed by atoms with Crippen molar-refractivity contribution in [3.63, 3.8) is 0 Å². The van der Waals surface area contributed by atoms with Gasteiger partial charge in [0, 0.05) is 42.3 Å². The lowest BCUT2D eigenvalue weighted by atomic mass is 9.96. The molecule has 3 heterocycles. The van der Waals surface area contributed by atoms with Gasteiger partial charge < -0.3 is 4.57 Å². The van der Waals surface area contributed by atoms with Crippen LogP contribution in [0.2, 0.25) is 0 Å². The van der Waals surface area contributed by atoms with E-state index in [4.69, 9.17) is 0 Å². The maximum atomic E-state index is 14.0. The predicted molar refractivity (Wildman–Crippen MR) is 97.1 cm³/mol. The smallest absolute Gasteiger partial charge is 0.127 e. The number of nitrogens with zero attached hydrogens (tertiary/aromatic N) is 4. The van der Waals surface area contributed by atoms with Crippen molar-refractivity contribution in [2.45, 2.75) is 31.8 Å². The Labute approximate surface area is 155 Å². The zero-order valence-electron chi connectivity index (χ0n) is 14.3. The third-order valence-corrected chi connectivity index (χ3v) is 5.47. The van der Waals surface area contributed by atoms with E-state index in [0.717, 1.165) is 43.5 Å². The number of thiazole rings is 1. The van der Waals surface area contributed by atoms with Gasteiger partial charge in [0.25, 0.3) is 0 Å². The molecule has 0 bridgehead atoms. The summed E-state index contributed by atoms with van der Waals surface area (Å²) in [5.74, 6) is 0.587. The molecule has 3 aromatic rings. The van der Waals surface area contributed by atoms with Gasteiger partial charge in [0.05, 0.1) is 17.7 Å². The first kappa shape index (κ1) is 17.3. The first-order valence-corrected chi connectivity index (χ1v) is 9.67. The van der Waals surface area contributed by atoms with Crippen LogP contribution in [0.1, 0.15) is 35.8 Å². The third-order valence-electron chi connectivity index (χ3n) is 4.84. The van der Waals surface area contributed by atoms with Crippen LogP contribution < -0.4 is 0 Å². The number of likely N-dealkylation sites (tertiary alicyclic amines) is 1. The van der Waals surface area contributed by atoms with Gasteiger partial charge in [-0.3, -0.25) is 4.90 Å². The molecule has 1 aromatic carbocycles. The summed E-state index contributed by atoms with van der Waals surface area (Å²) in [6.45, 7) is 2.82. The third kappa shape index (κ3) is 3.83. The van der Waals surface area contributed by atoms with E-state index < -0.39 is 5.82 Å². The number of hydrogen-bond acceptors (Lipinski definition) is 4. The normalized spacial score (nSPS) is 18.3. The molecule has 0 saturated carbocycles. The van der Waals surface area contributed by atoms with Crippen molar-refractivity contribution in [3.05, 3.63) is 70.2 Å². The number of rotatable bonds is 5. The lowest BCUT2D eigenvalue weighted by molar-refractivity contribution is 0.192. The zero-order chi connectivity index (χ0) is 17.9. The second-order valence-corrected chi connectivity index (χ2v) is 7.42. The van der Waals surface area contributed by atoms with E-state index in [-0.39, 0.29) is 11.7 Å². The number of benzene rings is 1. The molecule has 4 rings (SSSR count). The highest BCUT2D eigenvalue weighted by Gasteiger charge is 2.25. The monoisotopic (exact) mass is 374 g/mol. The molecular weight excluding hydrogens is 354 g/mol. The van der Waals surface area contributed by atoms with Crippen LogP contribution in [0.25, 0.3) is 0 Å². The van der Waals surface area contributed by atoms with Gasteiger partial charge in [-0.1, -0.05) is 0 Å². The summed E-state index contributed by atoms with van der Waals surface area (Å²) >= 11 is 1.59. The van der Waals surface area contributed by atoms with Gasteiger partial charge in [-0.2, -0.15) is 0 Å². The summed E-state index contributed by atoms with van der Waals surface area (Å²) < 4.78 is 29.5. The number of imidazole rings is 1. The molecule has 0 N–H and O–H groups in total. The van der Waals surface area contributed by atoms with Crippen LogP contribution in [0.4, 0.5) is 8.78 Å². The molecule has 1 atom stereocenters. The molecule has 0 unspecified atom stereocenters. The molecule has 1 saturated heterocycles. The topological polar surface area (TPSA) is 34.0 Å². The van der Waals surface area contributed by atoms with Crippen LogP contribution in [0.5, 0.6) is 0 Å². The van der Waals surface area contributed by atoms with Crippen LogP contribution in [0, 0.1) is 11.6 Å². The van der Waals surface area contributed by atoms with Crippen LogP contribution in [-0.2, 0) is 13.1 Å². The molecular formula is C19H20F2N4S. The average Bonchev–Trinajstić information content (AvgIpc) is 3.31. The van der Waals surface area contributed by atoms with Gasteiger partial charge in [-0.15, -0.1) is 11.3 Å². The molecule has 136 valence electrons. The summed E-state index contributed by atoms with van der Waals surface area (Å²) in [6.07, 6.45) is 5.88. The van der Waals surface area contributed by atoms with Crippen molar-refractivity contribution in [1.82, 2.24) is 19.4 Å². The highest BCUT2D eigenvalue weighted by atomic mass is 32.1. The van der Waals surface area contributed by atoms with Gasteiger partial charge in [-0.05, 0) is 37.6 Å². The molecule has 1 fully saturated rings. The Bertz CT molecular complexity index is 862.